The molecule has 0 aromatic heterocycles. The van der Waals surface area contributed by atoms with Gasteiger partial charge in [0.05, 0.1) is 28.5 Å². The highest BCUT2D eigenvalue weighted by Gasteiger charge is 2.64. The topological polar surface area (TPSA) is 132 Å². The van der Waals surface area contributed by atoms with Gasteiger partial charge < -0.3 is 9.47 Å². The molecule has 2 aromatic rings. The summed E-state index contributed by atoms with van der Waals surface area (Å²) in [6.07, 6.45) is 4.89. The quantitative estimate of drug-likeness (QED) is 0.284. The van der Waals surface area contributed by atoms with E-state index in [2.05, 4.69) is 5.10 Å². The summed E-state index contributed by atoms with van der Waals surface area (Å²) >= 11 is 0. The van der Waals surface area contributed by atoms with Crippen LogP contribution in [0.15, 0.2) is 59.7 Å². The molecular weight excluding hydrogens is 456 g/mol. The number of fused-ring (bicyclic) bond motifs is 4. The Hall–Kier alpha value is -4.54. The van der Waals surface area contributed by atoms with Crippen LogP contribution in [0.3, 0.4) is 0 Å². The molecule has 2 fully saturated rings. The Bertz CT molecular complexity index is 1350. The summed E-state index contributed by atoms with van der Waals surface area (Å²) in [5, 5.41) is 17.0. The minimum Gasteiger partial charge on any atom is -0.486 e. The fraction of sp³-hybridized carbons (Fsp3) is 0.250. The molecule has 176 valence electrons. The first kappa shape index (κ1) is 21.0. The van der Waals surface area contributed by atoms with Gasteiger partial charge in [0.15, 0.2) is 17.3 Å². The summed E-state index contributed by atoms with van der Waals surface area (Å²) < 4.78 is 11.1. The highest BCUT2D eigenvalue weighted by molar-refractivity contribution is 6.24. The van der Waals surface area contributed by atoms with Gasteiger partial charge in [0.25, 0.3) is 5.69 Å². The van der Waals surface area contributed by atoms with Crippen molar-refractivity contribution in [3.63, 3.8) is 0 Å². The monoisotopic (exact) mass is 474 g/mol. The molecular formula is C24H18N4O7. The minimum atomic E-state index is -1.09. The number of carbonyl (C=O) groups excluding carboxylic acids is 3. The van der Waals surface area contributed by atoms with Gasteiger partial charge >= 0.3 is 0 Å². The number of non-ortho nitro benzene ring substituents is 1. The first-order valence-corrected chi connectivity index (χ1v) is 11.0. The third-order valence-electron chi connectivity index (χ3n) is 6.68. The number of carbonyl (C=O) groups is 3. The zero-order valence-electron chi connectivity index (χ0n) is 18.1. The molecule has 0 N–H and O–H groups in total. The van der Waals surface area contributed by atoms with E-state index < -0.39 is 46.4 Å². The van der Waals surface area contributed by atoms with Crippen LogP contribution < -0.4 is 14.4 Å². The van der Waals surface area contributed by atoms with E-state index in [1.807, 2.05) is 0 Å². The van der Waals surface area contributed by atoms with Gasteiger partial charge in [-0.25, -0.2) is 4.90 Å². The zero-order valence-corrected chi connectivity index (χ0v) is 18.1. The maximum Gasteiger partial charge on any atom is 0.270 e. The second-order valence-electron chi connectivity index (χ2n) is 8.53. The summed E-state index contributed by atoms with van der Waals surface area (Å²) in [6.45, 7) is 0.757. The number of nitrogens with zero attached hydrogens (tertiary/aromatic N) is 4. The minimum absolute atomic E-state index is 0.0754. The number of Topliss-reactive ketones (excluding diaryl/α,β-unsaturated/α-hetero) is 1. The van der Waals surface area contributed by atoms with Crippen LogP contribution in [0, 0.1) is 22.0 Å². The molecule has 4 heterocycles. The molecule has 4 unspecified atom stereocenters. The first-order chi connectivity index (χ1) is 17.0. The number of nitro benzene ring substituents is 1. The van der Waals surface area contributed by atoms with E-state index in [4.69, 9.17) is 9.47 Å². The molecule has 6 rings (SSSR count). The number of hydrazone groups is 1. The van der Waals surface area contributed by atoms with Gasteiger partial charge in [-0.2, -0.15) is 5.10 Å². The van der Waals surface area contributed by atoms with Crippen LogP contribution in [0.1, 0.15) is 10.4 Å². The Morgan fingerprint density at radius 1 is 1.03 bits per heavy atom. The van der Waals surface area contributed by atoms with E-state index in [9.17, 15) is 24.5 Å². The number of benzene rings is 2. The second-order valence-corrected chi connectivity index (χ2v) is 8.53. The van der Waals surface area contributed by atoms with Crippen molar-refractivity contribution >= 4 is 35.2 Å². The standard InChI is InChI=1S/C24H18N4O7/c29-22(13-3-1-4-15(11-13)28(32)33)21-20-19(16-5-2-8-25-27(16)21)23(30)26(24(20)31)14-6-7-17-18(12-14)35-10-9-34-17/h1-8,11-12,16,19-21H,9-10H2. The van der Waals surface area contributed by atoms with E-state index in [1.165, 1.54) is 35.5 Å². The normalized spacial score (nSPS) is 26.1. The lowest BCUT2D eigenvalue weighted by Gasteiger charge is -2.30. The van der Waals surface area contributed by atoms with Crippen molar-refractivity contribution in [2.75, 3.05) is 18.1 Å². The van der Waals surface area contributed by atoms with Crippen molar-refractivity contribution in [1.82, 2.24) is 5.01 Å². The van der Waals surface area contributed by atoms with Crippen LogP contribution in [0.2, 0.25) is 0 Å². The van der Waals surface area contributed by atoms with E-state index in [-0.39, 0.29) is 11.3 Å². The fourth-order valence-corrected chi connectivity index (χ4v) is 5.21. The number of allylic oxidation sites excluding steroid dienone is 1. The fourth-order valence-electron chi connectivity index (χ4n) is 5.21. The molecule has 0 spiro atoms. The highest BCUT2D eigenvalue weighted by Crippen LogP contribution is 2.47. The third-order valence-corrected chi connectivity index (χ3v) is 6.68. The van der Waals surface area contributed by atoms with Gasteiger partial charge in [-0.05, 0) is 18.2 Å². The number of hydrogen-bond acceptors (Lipinski definition) is 9. The summed E-state index contributed by atoms with van der Waals surface area (Å²) in [5.74, 6) is -2.37. The van der Waals surface area contributed by atoms with E-state index in [0.29, 0.717) is 30.4 Å². The Labute approximate surface area is 198 Å². The van der Waals surface area contributed by atoms with Gasteiger partial charge in [-0.3, -0.25) is 29.5 Å². The number of imide groups is 1. The number of anilines is 1. The van der Waals surface area contributed by atoms with Crippen molar-refractivity contribution < 1.29 is 28.8 Å². The van der Waals surface area contributed by atoms with Crippen molar-refractivity contribution in [2.24, 2.45) is 16.9 Å². The third kappa shape index (κ3) is 3.11. The maximum atomic E-state index is 13.7. The van der Waals surface area contributed by atoms with Gasteiger partial charge in [0, 0.05) is 30.0 Å². The maximum absolute atomic E-state index is 13.7. The Balaban J connectivity index is 1.40. The first-order valence-electron chi connectivity index (χ1n) is 11.0. The molecule has 4 atom stereocenters. The molecule has 2 saturated heterocycles. The predicted molar refractivity (Wildman–Crippen MR) is 121 cm³/mol. The SMILES string of the molecule is O=C(c1cccc([N+](=O)[O-])c1)C1C2C(=O)N(c3ccc4c(c3)OCCO4)C(=O)C2C2C=CC=NN21. The molecule has 2 aromatic carbocycles. The van der Waals surface area contributed by atoms with Crippen LogP contribution >= 0.6 is 0 Å². The largest absolute Gasteiger partial charge is 0.486 e. The summed E-state index contributed by atoms with van der Waals surface area (Å²) in [5.41, 5.74) is 0.164. The molecule has 0 aliphatic carbocycles. The van der Waals surface area contributed by atoms with Crippen LogP contribution in [0.5, 0.6) is 11.5 Å². The number of nitro groups is 1. The smallest absolute Gasteiger partial charge is 0.270 e. The van der Waals surface area contributed by atoms with Crippen molar-refractivity contribution in [3.8, 4) is 11.5 Å². The molecule has 4 aliphatic rings. The van der Waals surface area contributed by atoms with Gasteiger partial charge in [0.1, 0.15) is 19.3 Å². The summed E-state index contributed by atoms with van der Waals surface area (Å²) in [4.78, 5) is 52.6. The van der Waals surface area contributed by atoms with Crippen LogP contribution in [0.25, 0.3) is 0 Å². The number of ether oxygens (including phenoxy) is 2. The Morgan fingerprint density at radius 2 is 1.80 bits per heavy atom. The second kappa shape index (κ2) is 7.76. The van der Waals surface area contributed by atoms with E-state index >= 15 is 0 Å². The van der Waals surface area contributed by atoms with Gasteiger partial charge in [-0.15, -0.1) is 0 Å². The molecule has 35 heavy (non-hydrogen) atoms. The van der Waals surface area contributed by atoms with Crippen molar-refractivity contribution in [3.05, 3.63) is 70.3 Å². The lowest BCUT2D eigenvalue weighted by molar-refractivity contribution is -0.384. The highest BCUT2D eigenvalue weighted by atomic mass is 16.6. The average Bonchev–Trinajstić information content (AvgIpc) is 3.35. The predicted octanol–water partition coefficient (Wildman–Crippen LogP) is 1.96. The molecule has 0 radical (unpaired) electrons. The Kier molecular flexibility index (Phi) is 4.66. The lowest BCUT2D eigenvalue weighted by atomic mass is 9.86. The van der Waals surface area contributed by atoms with Crippen LogP contribution in [0.4, 0.5) is 11.4 Å². The van der Waals surface area contributed by atoms with Crippen molar-refractivity contribution in [2.45, 2.75) is 12.1 Å². The van der Waals surface area contributed by atoms with Gasteiger partial charge in [-0.1, -0.05) is 18.2 Å². The van der Waals surface area contributed by atoms with Crippen molar-refractivity contribution in [1.29, 1.82) is 0 Å². The van der Waals surface area contributed by atoms with Crippen LogP contribution in [-0.2, 0) is 9.59 Å². The summed E-state index contributed by atoms with van der Waals surface area (Å²) in [6, 6.07) is 8.47. The Morgan fingerprint density at radius 3 is 2.60 bits per heavy atom. The zero-order chi connectivity index (χ0) is 24.3. The number of amides is 2. The number of ketones is 1. The molecule has 0 saturated carbocycles. The average molecular weight is 474 g/mol. The molecule has 4 aliphatic heterocycles. The lowest BCUT2D eigenvalue weighted by Crippen LogP contribution is -2.46. The number of rotatable bonds is 4. The molecule has 0 bridgehead atoms. The van der Waals surface area contributed by atoms with E-state index in [1.54, 1.807) is 30.4 Å². The van der Waals surface area contributed by atoms with Gasteiger partial charge in [0.2, 0.25) is 11.8 Å². The molecule has 11 nitrogen and oxygen atoms in total. The summed E-state index contributed by atoms with van der Waals surface area (Å²) in [7, 11) is 0. The number of hydrogen-bond donors (Lipinski definition) is 0. The molecule has 11 heteroatoms. The molecule has 2 amide bonds. The van der Waals surface area contributed by atoms with E-state index in [0.717, 1.165) is 4.90 Å². The van der Waals surface area contributed by atoms with Crippen LogP contribution in [-0.4, -0.2) is 59.0 Å².